The average Bonchev–Trinajstić information content (AvgIpc) is 2.10. The van der Waals surface area contributed by atoms with Crippen molar-refractivity contribution in [3.8, 4) is 0 Å². The molecule has 2 rings (SSSR count). The lowest BCUT2D eigenvalue weighted by Gasteiger charge is -2.40. The molecule has 0 aromatic heterocycles. The maximum absolute atomic E-state index is 12.2. The first-order chi connectivity index (χ1) is 7.05. The molecule has 1 fully saturated rings. The molecular weight excluding hydrogens is 205 g/mol. The van der Waals surface area contributed by atoms with E-state index in [4.69, 9.17) is 0 Å². The van der Waals surface area contributed by atoms with Crippen molar-refractivity contribution in [1.29, 1.82) is 0 Å². The largest absolute Gasteiger partial charge is 0.394 e. The molecule has 15 heavy (non-hydrogen) atoms. The molecule has 1 N–H and O–H groups in total. The molecule has 2 nitrogen and oxygen atoms in total. The minimum absolute atomic E-state index is 0.0262. The van der Waals surface area contributed by atoms with Crippen LogP contribution in [0.1, 0.15) is 0 Å². The lowest BCUT2D eigenvalue weighted by atomic mass is 10.0. The molecule has 0 spiro atoms. The van der Waals surface area contributed by atoms with E-state index in [-0.39, 0.29) is 13.1 Å². The minimum Gasteiger partial charge on any atom is -0.319 e. The number of rotatable bonds is 2. The second-order valence-corrected chi connectivity index (χ2v) is 3.62. The first-order valence-corrected chi connectivity index (χ1v) is 4.69. The van der Waals surface area contributed by atoms with Gasteiger partial charge in [-0.05, 0) is 12.1 Å². The van der Waals surface area contributed by atoms with Crippen LogP contribution in [-0.4, -0.2) is 24.3 Å². The topological polar surface area (TPSA) is 15.3 Å². The smallest absolute Gasteiger partial charge is 0.319 e. The Balaban J connectivity index is 1.82. The van der Waals surface area contributed by atoms with E-state index < -0.39 is 12.1 Å². The fraction of sp³-hybridized carbons (Fsp3) is 0.400. The van der Waals surface area contributed by atoms with Gasteiger partial charge in [0.25, 0.3) is 0 Å². The molecule has 1 aliphatic heterocycles. The van der Waals surface area contributed by atoms with Crippen molar-refractivity contribution in [1.82, 2.24) is 5.01 Å². The summed E-state index contributed by atoms with van der Waals surface area (Å²) in [6.45, 7) is 0.0524. The Labute approximate surface area is 85.7 Å². The summed E-state index contributed by atoms with van der Waals surface area (Å²) in [5, 5.41) is 1.56. The maximum atomic E-state index is 12.2. The zero-order valence-electron chi connectivity index (χ0n) is 7.96. The summed E-state index contributed by atoms with van der Waals surface area (Å²) in [5.74, 6) is -1.19. The molecule has 1 heterocycles. The van der Waals surface area contributed by atoms with Crippen LogP contribution in [0, 0.1) is 5.92 Å². The predicted molar refractivity (Wildman–Crippen MR) is 51.2 cm³/mol. The van der Waals surface area contributed by atoms with E-state index >= 15 is 0 Å². The summed E-state index contributed by atoms with van der Waals surface area (Å²) in [4.78, 5) is 0. The fourth-order valence-corrected chi connectivity index (χ4v) is 1.47. The number of hydrazine groups is 1. The van der Waals surface area contributed by atoms with Gasteiger partial charge >= 0.3 is 6.18 Å². The average molecular weight is 216 g/mol. The molecule has 0 atom stereocenters. The third-order valence-corrected chi connectivity index (χ3v) is 2.41. The Bertz CT molecular complexity index is 317. The Hall–Kier alpha value is -1.23. The number of nitrogens with one attached hydrogen (secondary N) is 1. The monoisotopic (exact) mass is 216 g/mol. The summed E-state index contributed by atoms with van der Waals surface area (Å²) < 4.78 is 36.5. The molecule has 0 amide bonds. The molecule has 1 aromatic carbocycles. The maximum Gasteiger partial charge on any atom is 0.394 e. The van der Waals surface area contributed by atoms with Crippen molar-refractivity contribution in [3.05, 3.63) is 30.3 Å². The van der Waals surface area contributed by atoms with Gasteiger partial charge in [0.15, 0.2) is 0 Å². The van der Waals surface area contributed by atoms with Crippen LogP contribution < -0.4 is 5.43 Å². The van der Waals surface area contributed by atoms with Gasteiger partial charge in [-0.2, -0.15) is 13.2 Å². The fourth-order valence-electron chi connectivity index (χ4n) is 1.47. The highest BCUT2D eigenvalue weighted by molar-refractivity contribution is 5.41. The van der Waals surface area contributed by atoms with Crippen LogP contribution in [0.25, 0.3) is 0 Å². The number of halogens is 3. The van der Waals surface area contributed by atoms with Gasteiger partial charge in [-0.15, -0.1) is 0 Å². The van der Waals surface area contributed by atoms with Crippen molar-refractivity contribution in [3.63, 3.8) is 0 Å². The van der Waals surface area contributed by atoms with Crippen LogP contribution in [0.2, 0.25) is 0 Å². The number of anilines is 1. The SMILES string of the molecule is FC(F)(F)C1CN(Nc2ccccc2)C1. The zero-order valence-corrected chi connectivity index (χ0v) is 7.96. The first kappa shape index (κ1) is 10.3. The summed E-state index contributed by atoms with van der Waals surface area (Å²) >= 11 is 0. The second-order valence-electron chi connectivity index (χ2n) is 3.62. The molecule has 82 valence electrons. The quantitative estimate of drug-likeness (QED) is 0.817. The van der Waals surface area contributed by atoms with Crippen molar-refractivity contribution in [2.45, 2.75) is 6.18 Å². The number of alkyl halides is 3. The molecule has 1 aromatic rings. The van der Waals surface area contributed by atoms with E-state index in [0.717, 1.165) is 5.69 Å². The van der Waals surface area contributed by atoms with Crippen molar-refractivity contribution >= 4 is 5.69 Å². The zero-order chi connectivity index (χ0) is 10.9. The Morgan fingerprint density at radius 1 is 1.13 bits per heavy atom. The lowest BCUT2D eigenvalue weighted by Crippen LogP contribution is -2.55. The van der Waals surface area contributed by atoms with Crippen LogP contribution in [0.3, 0.4) is 0 Å². The van der Waals surface area contributed by atoms with Crippen LogP contribution in [0.15, 0.2) is 30.3 Å². The Kier molecular flexibility index (Phi) is 2.56. The van der Waals surface area contributed by atoms with Crippen molar-refractivity contribution in [2.24, 2.45) is 5.92 Å². The molecule has 0 bridgehead atoms. The number of para-hydroxylation sites is 1. The molecular formula is C10H11F3N2. The van der Waals surface area contributed by atoms with Gasteiger partial charge in [-0.3, -0.25) is 0 Å². The van der Waals surface area contributed by atoms with Crippen molar-refractivity contribution in [2.75, 3.05) is 18.5 Å². The van der Waals surface area contributed by atoms with Gasteiger partial charge in [0.2, 0.25) is 0 Å². The molecule has 1 aliphatic rings. The summed E-state index contributed by atoms with van der Waals surface area (Å²) in [7, 11) is 0. The first-order valence-electron chi connectivity index (χ1n) is 4.69. The highest BCUT2D eigenvalue weighted by Crippen LogP contribution is 2.33. The van der Waals surface area contributed by atoms with Crippen LogP contribution in [0.5, 0.6) is 0 Å². The third-order valence-electron chi connectivity index (χ3n) is 2.41. The van der Waals surface area contributed by atoms with Crippen LogP contribution >= 0.6 is 0 Å². The van der Waals surface area contributed by atoms with Gasteiger partial charge in [-0.25, -0.2) is 5.01 Å². The van der Waals surface area contributed by atoms with E-state index in [2.05, 4.69) is 5.43 Å². The van der Waals surface area contributed by atoms with Crippen molar-refractivity contribution < 1.29 is 13.2 Å². The standard InChI is InChI=1S/C10H11F3N2/c11-10(12,13)8-6-15(7-8)14-9-4-2-1-3-5-9/h1-5,8,14H,6-7H2. The lowest BCUT2D eigenvalue weighted by molar-refractivity contribution is -0.205. The van der Waals surface area contributed by atoms with E-state index in [1.165, 1.54) is 0 Å². The molecule has 0 unspecified atom stereocenters. The van der Waals surface area contributed by atoms with Gasteiger partial charge in [0.05, 0.1) is 5.92 Å². The van der Waals surface area contributed by atoms with E-state index in [9.17, 15) is 13.2 Å². The van der Waals surface area contributed by atoms with E-state index in [1.54, 1.807) is 5.01 Å². The summed E-state index contributed by atoms with van der Waals surface area (Å²) in [5.41, 5.74) is 3.73. The number of nitrogens with zero attached hydrogens (tertiary/aromatic N) is 1. The highest BCUT2D eigenvalue weighted by atomic mass is 19.4. The minimum atomic E-state index is -4.06. The van der Waals surface area contributed by atoms with Gasteiger partial charge in [0, 0.05) is 18.8 Å². The number of hydrogen-bond donors (Lipinski definition) is 1. The predicted octanol–water partition coefficient (Wildman–Crippen LogP) is 2.51. The Morgan fingerprint density at radius 2 is 1.73 bits per heavy atom. The highest BCUT2D eigenvalue weighted by Gasteiger charge is 2.47. The van der Waals surface area contributed by atoms with E-state index in [1.807, 2.05) is 30.3 Å². The van der Waals surface area contributed by atoms with Gasteiger partial charge < -0.3 is 5.43 Å². The molecule has 0 aliphatic carbocycles. The van der Waals surface area contributed by atoms with E-state index in [0.29, 0.717) is 0 Å². The van der Waals surface area contributed by atoms with Gasteiger partial charge in [-0.1, -0.05) is 18.2 Å². The second kappa shape index (κ2) is 3.73. The summed E-state index contributed by atoms with van der Waals surface area (Å²) in [6, 6.07) is 9.17. The molecule has 1 saturated heterocycles. The Morgan fingerprint density at radius 3 is 2.27 bits per heavy atom. The van der Waals surface area contributed by atoms with Crippen LogP contribution in [0.4, 0.5) is 18.9 Å². The normalized spacial score (nSPS) is 18.6. The summed E-state index contributed by atoms with van der Waals surface area (Å²) in [6.07, 6.45) is -4.06. The van der Waals surface area contributed by atoms with Crippen LogP contribution in [-0.2, 0) is 0 Å². The number of benzene rings is 1. The molecule has 0 radical (unpaired) electrons. The third kappa shape index (κ3) is 2.41. The van der Waals surface area contributed by atoms with Gasteiger partial charge in [0.1, 0.15) is 0 Å². The molecule has 0 saturated carbocycles. The number of hydrogen-bond acceptors (Lipinski definition) is 2. The molecule has 5 heteroatoms.